The van der Waals surface area contributed by atoms with Crippen LogP contribution in [0.3, 0.4) is 0 Å². The quantitative estimate of drug-likeness (QED) is 0.435. The summed E-state index contributed by atoms with van der Waals surface area (Å²) in [5.41, 5.74) is 2.27. The Morgan fingerprint density at radius 3 is 2.50 bits per heavy atom. The van der Waals surface area contributed by atoms with Crippen LogP contribution in [-0.2, 0) is 4.79 Å². The summed E-state index contributed by atoms with van der Waals surface area (Å²) in [4.78, 5) is 26.6. The Morgan fingerprint density at radius 1 is 1.17 bits per heavy atom. The number of halogens is 1. The van der Waals surface area contributed by atoms with Gasteiger partial charge in [0.05, 0.1) is 15.5 Å². The van der Waals surface area contributed by atoms with E-state index < -0.39 is 11.8 Å². The second-order valence-corrected chi connectivity index (χ2v) is 7.30. The van der Waals surface area contributed by atoms with Crippen LogP contribution in [0.4, 0.5) is 0 Å². The Hall–Kier alpha value is -1.95. The fraction of sp³-hybridized carbons (Fsp3) is 0.0556. The van der Waals surface area contributed by atoms with E-state index in [2.05, 4.69) is 0 Å². The normalized spacial score (nSPS) is 16.1. The third-order valence-corrected chi connectivity index (χ3v) is 5.11. The molecule has 0 radical (unpaired) electrons. The molecule has 1 fully saturated rings. The molecule has 24 heavy (non-hydrogen) atoms. The lowest BCUT2D eigenvalue weighted by molar-refractivity contribution is -0.120. The molecule has 2 amide bonds. The number of thiocarbonyl (C=S) groups is 1. The smallest absolute Gasteiger partial charge is 0.268 e. The number of carbonyl (C=O) groups is 2. The molecule has 0 unspecified atom stereocenters. The number of amides is 2. The molecule has 3 nitrogen and oxygen atoms in total. The third kappa shape index (κ3) is 3.29. The van der Waals surface area contributed by atoms with E-state index in [0.717, 1.165) is 27.8 Å². The van der Waals surface area contributed by atoms with Crippen LogP contribution in [0.1, 0.15) is 21.5 Å². The fourth-order valence-corrected chi connectivity index (χ4v) is 3.68. The number of benzene rings is 2. The summed E-state index contributed by atoms with van der Waals surface area (Å²) in [7, 11) is 0. The molecule has 120 valence electrons. The summed E-state index contributed by atoms with van der Waals surface area (Å²) >= 11 is 12.4. The molecular weight excluding hydrogens is 362 g/mol. The topological polar surface area (TPSA) is 37.4 Å². The van der Waals surface area contributed by atoms with E-state index in [-0.39, 0.29) is 9.88 Å². The molecule has 2 aromatic carbocycles. The lowest BCUT2D eigenvalue weighted by Crippen LogP contribution is -2.34. The minimum absolute atomic E-state index is 0.211. The van der Waals surface area contributed by atoms with Gasteiger partial charge in [-0.1, -0.05) is 77.5 Å². The molecule has 0 atom stereocenters. The minimum atomic E-state index is -0.504. The molecule has 0 aliphatic carbocycles. The third-order valence-electron chi connectivity index (χ3n) is 3.48. The van der Waals surface area contributed by atoms with Crippen molar-refractivity contribution in [3.05, 3.63) is 75.1 Å². The van der Waals surface area contributed by atoms with Gasteiger partial charge >= 0.3 is 0 Å². The van der Waals surface area contributed by atoms with Gasteiger partial charge in [-0.2, -0.15) is 0 Å². The van der Waals surface area contributed by atoms with Crippen molar-refractivity contribution in [1.29, 1.82) is 0 Å². The zero-order chi connectivity index (χ0) is 17.3. The van der Waals surface area contributed by atoms with Crippen molar-refractivity contribution in [2.45, 2.75) is 6.92 Å². The molecule has 0 saturated carbocycles. The second-order valence-electron chi connectivity index (χ2n) is 5.21. The summed E-state index contributed by atoms with van der Waals surface area (Å²) in [6.07, 6.45) is 1.73. The molecule has 0 aromatic heterocycles. The van der Waals surface area contributed by atoms with Crippen LogP contribution >= 0.6 is 35.6 Å². The van der Waals surface area contributed by atoms with E-state index in [1.54, 1.807) is 30.3 Å². The van der Waals surface area contributed by atoms with Crippen molar-refractivity contribution in [2.24, 2.45) is 0 Å². The van der Waals surface area contributed by atoms with E-state index in [9.17, 15) is 9.59 Å². The van der Waals surface area contributed by atoms with E-state index in [1.165, 1.54) is 0 Å². The molecule has 1 aliphatic rings. The Morgan fingerprint density at radius 2 is 1.83 bits per heavy atom. The molecule has 1 aliphatic heterocycles. The van der Waals surface area contributed by atoms with Gasteiger partial charge in [-0.3, -0.25) is 9.59 Å². The zero-order valence-corrected chi connectivity index (χ0v) is 15.0. The standard InChI is InChI=1S/C18H12ClNO2S2/c1-11-6-8-12(9-7-11)10-15-17(22)20(18(23)24-15)16(21)13-4-2-3-5-14(13)19/h2-10H,1H3/b15-10+. The SMILES string of the molecule is Cc1ccc(/C=C2/SC(=S)N(C(=O)c3ccccc3Cl)C2=O)cc1. The Labute approximate surface area is 154 Å². The van der Waals surface area contributed by atoms with Crippen LogP contribution < -0.4 is 0 Å². The Bertz CT molecular complexity index is 875. The number of hydrogen-bond acceptors (Lipinski definition) is 4. The van der Waals surface area contributed by atoms with Gasteiger partial charge in [0, 0.05) is 0 Å². The van der Waals surface area contributed by atoms with Gasteiger partial charge in [-0.25, -0.2) is 4.90 Å². The maximum atomic E-state index is 12.6. The lowest BCUT2D eigenvalue weighted by atomic mass is 10.1. The van der Waals surface area contributed by atoms with E-state index >= 15 is 0 Å². The lowest BCUT2D eigenvalue weighted by Gasteiger charge is -2.13. The van der Waals surface area contributed by atoms with Crippen LogP contribution in [0.25, 0.3) is 6.08 Å². The van der Waals surface area contributed by atoms with Crippen LogP contribution in [0.15, 0.2) is 53.4 Å². The maximum absolute atomic E-state index is 12.6. The van der Waals surface area contributed by atoms with E-state index in [0.29, 0.717) is 9.93 Å². The van der Waals surface area contributed by atoms with Crippen molar-refractivity contribution in [1.82, 2.24) is 4.90 Å². The van der Waals surface area contributed by atoms with Gasteiger partial charge in [0.25, 0.3) is 11.8 Å². The predicted octanol–water partition coefficient (Wildman–Crippen LogP) is 4.69. The largest absolute Gasteiger partial charge is 0.273 e. The van der Waals surface area contributed by atoms with E-state index in [4.69, 9.17) is 23.8 Å². The highest BCUT2D eigenvalue weighted by molar-refractivity contribution is 8.26. The zero-order valence-electron chi connectivity index (χ0n) is 12.7. The predicted molar refractivity (Wildman–Crippen MR) is 102 cm³/mol. The molecule has 0 spiro atoms. The van der Waals surface area contributed by atoms with Gasteiger partial charge in [0.2, 0.25) is 0 Å². The first-order valence-electron chi connectivity index (χ1n) is 7.11. The highest BCUT2D eigenvalue weighted by Gasteiger charge is 2.37. The summed E-state index contributed by atoms with van der Waals surface area (Å²) in [5.74, 6) is -0.925. The molecule has 1 heterocycles. The van der Waals surface area contributed by atoms with Crippen LogP contribution in [0.2, 0.25) is 5.02 Å². The minimum Gasteiger partial charge on any atom is -0.268 e. The summed E-state index contributed by atoms with van der Waals surface area (Å²) in [6, 6.07) is 14.3. The average molecular weight is 374 g/mol. The van der Waals surface area contributed by atoms with Crippen LogP contribution in [-0.4, -0.2) is 21.0 Å². The first kappa shape index (κ1) is 16.9. The van der Waals surface area contributed by atoms with Gasteiger partial charge < -0.3 is 0 Å². The van der Waals surface area contributed by atoms with Gasteiger partial charge in [-0.15, -0.1) is 0 Å². The number of nitrogens with zero attached hydrogens (tertiary/aromatic N) is 1. The van der Waals surface area contributed by atoms with Gasteiger partial charge in [-0.05, 0) is 30.7 Å². The van der Waals surface area contributed by atoms with Crippen LogP contribution in [0, 0.1) is 6.92 Å². The molecule has 2 aromatic rings. The first-order valence-corrected chi connectivity index (χ1v) is 8.71. The summed E-state index contributed by atoms with van der Waals surface area (Å²) < 4.78 is 0.211. The molecule has 1 saturated heterocycles. The highest BCUT2D eigenvalue weighted by Crippen LogP contribution is 2.34. The Kier molecular flexibility index (Phi) is 4.85. The van der Waals surface area contributed by atoms with Crippen LogP contribution in [0.5, 0.6) is 0 Å². The van der Waals surface area contributed by atoms with Crippen molar-refractivity contribution in [3.63, 3.8) is 0 Å². The number of rotatable bonds is 2. The van der Waals surface area contributed by atoms with E-state index in [1.807, 2.05) is 31.2 Å². The number of imide groups is 1. The van der Waals surface area contributed by atoms with Crippen molar-refractivity contribution in [3.8, 4) is 0 Å². The average Bonchev–Trinajstić information content (AvgIpc) is 2.83. The molecule has 3 rings (SSSR count). The fourth-order valence-electron chi connectivity index (χ4n) is 2.21. The highest BCUT2D eigenvalue weighted by atomic mass is 35.5. The van der Waals surface area contributed by atoms with Crippen molar-refractivity contribution < 1.29 is 9.59 Å². The number of aryl methyl sites for hydroxylation is 1. The number of carbonyl (C=O) groups excluding carboxylic acids is 2. The molecule has 0 N–H and O–H groups in total. The molecule has 0 bridgehead atoms. The summed E-state index contributed by atoms with van der Waals surface area (Å²) in [6.45, 7) is 1.99. The van der Waals surface area contributed by atoms with Crippen molar-refractivity contribution >= 4 is 57.8 Å². The van der Waals surface area contributed by atoms with Gasteiger partial charge in [0.1, 0.15) is 0 Å². The second kappa shape index (κ2) is 6.89. The first-order chi connectivity index (χ1) is 11.5. The van der Waals surface area contributed by atoms with Crippen molar-refractivity contribution in [2.75, 3.05) is 0 Å². The van der Waals surface area contributed by atoms with Gasteiger partial charge in [0.15, 0.2) is 4.32 Å². The maximum Gasteiger partial charge on any atom is 0.273 e. The monoisotopic (exact) mass is 373 g/mol. The number of hydrogen-bond donors (Lipinski definition) is 0. The molecular formula is C18H12ClNO2S2. The number of thioether (sulfide) groups is 1. The Balaban J connectivity index is 1.91. The molecule has 6 heteroatoms. The summed E-state index contributed by atoms with van der Waals surface area (Å²) in [5, 5.41) is 0.291.